The third-order valence-corrected chi connectivity index (χ3v) is 4.95. The van der Waals surface area contributed by atoms with E-state index in [-0.39, 0.29) is 17.3 Å². The minimum Gasteiger partial charge on any atom is -0.497 e. The third kappa shape index (κ3) is 5.38. The Labute approximate surface area is 171 Å². The average Bonchev–Trinajstić information content (AvgIpc) is 3.07. The molecule has 0 aliphatic carbocycles. The number of aromatic nitrogens is 3. The number of aryl methyl sites for hydroxylation is 1. The quantitative estimate of drug-likeness (QED) is 0.383. The van der Waals surface area contributed by atoms with Gasteiger partial charge in [0.05, 0.1) is 25.1 Å². The van der Waals surface area contributed by atoms with Gasteiger partial charge in [-0.15, -0.1) is 10.2 Å². The summed E-state index contributed by atoms with van der Waals surface area (Å²) in [6.07, 6.45) is 0. The molecule has 0 spiro atoms. The zero-order valence-corrected chi connectivity index (χ0v) is 16.8. The highest BCUT2D eigenvalue weighted by Gasteiger charge is 2.13. The maximum atomic E-state index is 13.8. The van der Waals surface area contributed by atoms with Crippen molar-refractivity contribution < 1.29 is 13.9 Å². The minimum atomic E-state index is -0.475. The zero-order valence-electron chi connectivity index (χ0n) is 16.0. The molecular weight excluding hydrogens is 395 g/mol. The Morgan fingerprint density at radius 3 is 2.69 bits per heavy atom. The van der Waals surface area contributed by atoms with Gasteiger partial charge in [-0.25, -0.2) is 9.07 Å². The molecule has 0 radical (unpaired) electrons. The summed E-state index contributed by atoms with van der Waals surface area (Å²) in [5.41, 5.74) is 1.80. The van der Waals surface area contributed by atoms with Gasteiger partial charge in [0, 0.05) is 5.69 Å². The van der Waals surface area contributed by atoms with E-state index in [1.54, 1.807) is 20.1 Å². The van der Waals surface area contributed by atoms with E-state index in [2.05, 4.69) is 20.8 Å². The van der Waals surface area contributed by atoms with Crippen LogP contribution in [0.3, 0.4) is 0 Å². The number of carbonyl (C=O) groups is 1. The predicted molar refractivity (Wildman–Crippen MR) is 111 cm³/mol. The summed E-state index contributed by atoms with van der Waals surface area (Å²) in [6.45, 7) is 2.14. The Kier molecular flexibility index (Phi) is 6.55. The Hall–Kier alpha value is -3.27. The first-order valence-electron chi connectivity index (χ1n) is 8.72. The van der Waals surface area contributed by atoms with Gasteiger partial charge >= 0.3 is 0 Å². The van der Waals surface area contributed by atoms with E-state index in [4.69, 9.17) is 10.6 Å². The molecule has 0 aliphatic heterocycles. The number of ether oxygens (including phenoxy) is 1. The van der Waals surface area contributed by atoms with E-state index in [0.29, 0.717) is 17.5 Å². The predicted octanol–water partition coefficient (Wildman–Crippen LogP) is 2.79. The number of amides is 1. The van der Waals surface area contributed by atoms with Crippen molar-refractivity contribution in [2.45, 2.75) is 18.6 Å². The largest absolute Gasteiger partial charge is 0.497 e. The highest BCUT2D eigenvalue weighted by molar-refractivity contribution is 7.99. The lowest BCUT2D eigenvalue weighted by molar-refractivity contribution is -0.113. The van der Waals surface area contributed by atoms with Crippen LogP contribution in [0.2, 0.25) is 0 Å². The van der Waals surface area contributed by atoms with Gasteiger partial charge in [-0.1, -0.05) is 17.8 Å². The fraction of sp³-hybridized carbons (Fsp3) is 0.211. The van der Waals surface area contributed by atoms with Crippen LogP contribution in [0.25, 0.3) is 0 Å². The van der Waals surface area contributed by atoms with Gasteiger partial charge < -0.3 is 21.2 Å². The molecule has 0 unspecified atom stereocenters. The number of nitrogen functional groups attached to an aromatic ring is 1. The highest BCUT2D eigenvalue weighted by Crippen LogP contribution is 2.19. The van der Waals surface area contributed by atoms with Gasteiger partial charge in [-0.2, -0.15) is 0 Å². The standard InChI is InChI=1S/C19H21FN6O2S/c1-12-3-8-16(15(20)9-12)23-18(27)11-29-19-25-24-17(26(19)21)10-22-13-4-6-14(28-2)7-5-13/h3-9,22H,10-11,21H2,1-2H3,(H,23,27). The second-order valence-corrected chi connectivity index (χ2v) is 7.11. The van der Waals surface area contributed by atoms with Gasteiger partial charge in [-0.3, -0.25) is 4.79 Å². The Bertz CT molecular complexity index is 993. The number of methoxy groups -OCH3 is 1. The van der Waals surface area contributed by atoms with Crippen LogP contribution in [0.4, 0.5) is 15.8 Å². The second-order valence-electron chi connectivity index (χ2n) is 6.17. The number of nitrogens with zero attached hydrogens (tertiary/aromatic N) is 3. The molecule has 1 aromatic heterocycles. The lowest BCUT2D eigenvalue weighted by Crippen LogP contribution is -2.18. The lowest BCUT2D eigenvalue weighted by atomic mass is 10.2. The molecule has 0 saturated heterocycles. The maximum absolute atomic E-state index is 13.8. The monoisotopic (exact) mass is 416 g/mol. The molecule has 8 nitrogen and oxygen atoms in total. The number of rotatable bonds is 8. The van der Waals surface area contributed by atoms with Crippen molar-refractivity contribution >= 4 is 29.0 Å². The maximum Gasteiger partial charge on any atom is 0.234 e. The fourth-order valence-corrected chi connectivity index (χ4v) is 3.13. The van der Waals surface area contributed by atoms with Gasteiger partial charge in [0.25, 0.3) is 0 Å². The molecule has 0 aliphatic rings. The van der Waals surface area contributed by atoms with Crippen LogP contribution in [0.1, 0.15) is 11.4 Å². The number of hydrogen-bond donors (Lipinski definition) is 3. The van der Waals surface area contributed by atoms with Crippen molar-refractivity contribution in [2.75, 3.05) is 29.3 Å². The Morgan fingerprint density at radius 1 is 1.24 bits per heavy atom. The number of nitrogens with one attached hydrogen (secondary N) is 2. The van der Waals surface area contributed by atoms with Crippen LogP contribution in [-0.2, 0) is 11.3 Å². The van der Waals surface area contributed by atoms with Crippen molar-refractivity contribution in [1.82, 2.24) is 14.9 Å². The zero-order chi connectivity index (χ0) is 20.8. The first-order chi connectivity index (χ1) is 14.0. The summed E-state index contributed by atoms with van der Waals surface area (Å²) < 4.78 is 20.3. The molecule has 1 amide bonds. The van der Waals surface area contributed by atoms with Gasteiger partial charge in [0.15, 0.2) is 5.82 Å². The Balaban J connectivity index is 1.52. The molecule has 3 aromatic rings. The van der Waals surface area contributed by atoms with Crippen molar-refractivity contribution in [1.29, 1.82) is 0 Å². The summed E-state index contributed by atoms with van der Waals surface area (Å²) in [4.78, 5) is 12.1. The van der Waals surface area contributed by atoms with Crippen LogP contribution in [0, 0.1) is 12.7 Å². The lowest BCUT2D eigenvalue weighted by Gasteiger charge is -2.08. The fourth-order valence-electron chi connectivity index (χ4n) is 2.45. The number of thioether (sulfide) groups is 1. The topological polar surface area (TPSA) is 107 Å². The van der Waals surface area contributed by atoms with Crippen molar-refractivity contribution in [3.63, 3.8) is 0 Å². The number of benzene rings is 2. The number of nitrogens with two attached hydrogens (primary N) is 1. The normalized spacial score (nSPS) is 10.6. The van der Waals surface area contributed by atoms with E-state index in [1.165, 1.54) is 16.8 Å². The van der Waals surface area contributed by atoms with Crippen molar-refractivity contribution in [3.8, 4) is 5.75 Å². The van der Waals surface area contributed by atoms with Crippen LogP contribution in [-0.4, -0.2) is 33.6 Å². The van der Waals surface area contributed by atoms with Crippen LogP contribution >= 0.6 is 11.8 Å². The molecule has 1 heterocycles. The SMILES string of the molecule is COc1ccc(NCc2nnc(SCC(=O)Nc3ccc(C)cc3F)n2N)cc1. The van der Waals surface area contributed by atoms with Gasteiger partial charge in [0.2, 0.25) is 11.1 Å². The number of hydrogen-bond acceptors (Lipinski definition) is 7. The average molecular weight is 416 g/mol. The first-order valence-corrected chi connectivity index (χ1v) is 9.71. The number of anilines is 2. The third-order valence-electron chi connectivity index (χ3n) is 4.01. The summed E-state index contributed by atoms with van der Waals surface area (Å²) in [5.74, 6) is 6.47. The highest BCUT2D eigenvalue weighted by atomic mass is 32.2. The summed E-state index contributed by atoms with van der Waals surface area (Å²) >= 11 is 1.12. The molecule has 0 fully saturated rings. The van der Waals surface area contributed by atoms with E-state index in [9.17, 15) is 9.18 Å². The smallest absolute Gasteiger partial charge is 0.234 e. The number of halogens is 1. The summed E-state index contributed by atoms with van der Waals surface area (Å²) in [6, 6.07) is 12.0. The molecule has 0 bridgehead atoms. The van der Waals surface area contributed by atoms with Crippen LogP contribution in [0.5, 0.6) is 5.75 Å². The number of carbonyl (C=O) groups excluding carboxylic acids is 1. The van der Waals surface area contributed by atoms with Crippen molar-refractivity contribution in [2.24, 2.45) is 0 Å². The molecular formula is C19H21FN6O2S. The van der Waals surface area contributed by atoms with Gasteiger partial charge in [0.1, 0.15) is 11.6 Å². The minimum absolute atomic E-state index is 0.0224. The summed E-state index contributed by atoms with van der Waals surface area (Å²) in [7, 11) is 1.61. The van der Waals surface area contributed by atoms with Crippen molar-refractivity contribution in [3.05, 3.63) is 59.7 Å². The van der Waals surface area contributed by atoms with Crippen LogP contribution < -0.4 is 21.2 Å². The van der Waals surface area contributed by atoms with E-state index >= 15 is 0 Å². The molecule has 3 rings (SSSR count). The second kappa shape index (κ2) is 9.28. The molecule has 0 atom stereocenters. The molecule has 152 valence electrons. The molecule has 10 heteroatoms. The summed E-state index contributed by atoms with van der Waals surface area (Å²) in [5, 5.41) is 14.1. The molecule has 2 aromatic carbocycles. The molecule has 4 N–H and O–H groups in total. The first kappa shape index (κ1) is 20.5. The van der Waals surface area contributed by atoms with Gasteiger partial charge in [-0.05, 0) is 48.9 Å². The van der Waals surface area contributed by atoms with E-state index in [0.717, 1.165) is 28.8 Å². The van der Waals surface area contributed by atoms with Crippen LogP contribution in [0.15, 0.2) is 47.6 Å². The van der Waals surface area contributed by atoms with E-state index < -0.39 is 5.82 Å². The molecule has 29 heavy (non-hydrogen) atoms. The Morgan fingerprint density at radius 2 is 2.00 bits per heavy atom. The van der Waals surface area contributed by atoms with E-state index in [1.807, 2.05) is 24.3 Å². The molecule has 0 saturated carbocycles.